The highest BCUT2D eigenvalue weighted by atomic mass is 32.2. The molecule has 0 aromatic carbocycles. The summed E-state index contributed by atoms with van der Waals surface area (Å²) in [6.45, 7) is 2.26. The Morgan fingerprint density at radius 1 is 1.18 bits per heavy atom. The van der Waals surface area contributed by atoms with Gasteiger partial charge in [-0.05, 0) is 36.2 Å². The van der Waals surface area contributed by atoms with Crippen molar-refractivity contribution in [1.29, 1.82) is 0 Å². The van der Waals surface area contributed by atoms with Gasteiger partial charge in [0.05, 0.1) is 11.7 Å². The van der Waals surface area contributed by atoms with Gasteiger partial charge in [0.25, 0.3) is 0 Å². The molecule has 2 aliphatic rings. The summed E-state index contributed by atoms with van der Waals surface area (Å²) in [5, 5.41) is 1.17. The molecular weight excluding hydrogens is 292 g/mol. The van der Waals surface area contributed by atoms with Crippen LogP contribution in [0.25, 0.3) is 0 Å². The SMILES string of the molecule is CC[C@@H]1CSC2=N[C@@H](c3ccccn3)[C@@H](c3ccncc3)N21. The number of amidine groups is 1. The molecule has 0 radical (unpaired) electrons. The molecule has 0 unspecified atom stereocenters. The van der Waals surface area contributed by atoms with E-state index >= 15 is 0 Å². The second-order valence-corrected chi connectivity index (χ2v) is 6.60. The molecule has 22 heavy (non-hydrogen) atoms. The third-order valence-electron chi connectivity index (χ3n) is 4.38. The fraction of sp³-hybridized carbons (Fsp3) is 0.353. The predicted molar refractivity (Wildman–Crippen MR) is 89.8 cm³/mol. The highest BCUT2D eigenvalue weighted by Gasteiger charge is 2.45. The Morgan fingerprint density at radius 2 is 2.05 bits per heavy atom. The molecule has 0 spiro atoms. The van der Waals surface area contributed by atoms with Crippen LogP contribution in [0.15, 0.2) is 53.9 Å². The van der Waals surface area contributed by atoms with Crippen LogP contribution in [0.1, 0.15) is 36.7 Å². The van der Waals surface area contributed by atoms with Gasteiger partial charge in [-0.1, -0.05) is 24.8 Å². The quantitative estimate of drug-likeness (QED) is 0.870. The van der Waals surface area contributed by atoms with E-state index in [1.165, 1.54) is 10.7 Å². The first-order chi connectivity index (χ1) is 10.9. The van der Waals surface area contributed by atoms with Crippen LogP contribution >= 0.6 is 11.8 Å². The Bertz CT molecular complexity index is 674. The molecule has 2 aromatic rings. The van der Waals surface area contributed by atoms with Crippen molar-refractivity contribution >= 4 is 16.9 Å². The number of aliphatic imine (C=N–C) groups is 1. The molecule has 2 aromatic heterocycles. The maximum Gasteiger partial charge on any atom is 0.160 e. The predicted octanol–water partition coefficient (Wildman–Crippen LogP) is 3.46. The molecule has 1 saturated heterocycles. The molecule has 0 amide bonds. The van der Waals surface area contributed by atoms with Gasteiger partial charge in [0, 0.05) is 30.4 Å². The number of hydrogen-bond donors (Lipinski definition) is 0. The van der Waals surface area contributed by atoms with E-state index in [1.54, 1.807) is 0 Å². The van der Waals surface area contributed by atoms with Crippen LogP contribution in [0, 0.1) is 0 Å². The van der Waals surface area contributed by atoms with Crippen LogP contribution in [0.2, 0.25) is 0 Å². The summed E-state index contributed by atoms with van der Waals surface area (Å²) in [4.78, 5) is 16.2. The average molecular weight is 310 g/mol. The number of pyridine rings is 2. The summed E-state index contributed by atoms with van der Waals surface area (Å²) >= 11 is 1.88. The zero-order valence-electron chi connectivity index (χ0n) is 12.5. The molecule has 0 bridgehead atoms. The van der Waals surface area contributed by atoms with Crippen molar-refractivity contribution in [2.24, 2.45) is 4.99 Å². The van der Waals surface area contributed by atoms with Crippen LogP contribution < -0.4 is 0 Å². The molecule has 112 valence electrons. The van der Waals surface area contributed by atoms with Gasteiger partial charge in [-0.3, -0.25) is 15.0 Å². The lowest BCUT2D eigenvalue weighted by molar-refractivity contribution is 0.255. The van der Waals surface area contributed by atoms with Crippen molar-refractivity contribution in [1.82, 2.24) is 14.9 Å². The Balaban J connectivity index is 1.79. The number of rotatable bonds is 3. The zero-order chi connectivity index (χ0) is 14.9. The fourth-order valence-corrected chi connectivity index (χ4v) is 4.61. The molecule has 0 aliphatic carbocycles. The largest absolute Gasteiger partial charge is 0.338 e. The first kappa shape index (κ1) is 13.8. The van der Waals surface area contributed by atoms with Crippen molar-refractivity contribution in [2.45, 2.75) is 31.5 Å². The standard InChI is InChI=1S/C17H18N4S/c1-2-13-11-22-17-20-15(14-5-3-4-8-19-14)16(21(13)17)12-6-9-18-10-7-12/h3-10,13,15-16H,2,11H2,1H3/t13-,15+,16-/m1/s1. The third-order valence-corrected chi connectivity index (χ3v) is 5.50. The third kappa shape index (κ3) is 2.20. The van der Waals surface area contributed by atoms with Gasteiger partial charge in [-0.2, -0.15) is 0 Å². The summed E-state index contributed by atoms with van der Waals surface area (Å²) in [5.41, 5.74) is 2.31. The Labute approximate surface area is 134 Å². The van der Waals surface area contributed by atoms with E-state index in [9.17, 15) is 0 Å². The number of thioether (sulfide) groups is 1. The maximum absolute atomic E-state index is 5.00. The number of nitrogens with zero attached hydrogens (tertiary/aromatic N) is 4. The Hall–Kier alpha value is -1.88. The van der Waals surface area contributed by atoms with Crippen molar-refractivity contribution in [3.05, 3.63) is 60.2 Å². The molecular formula is C17H18N4S. The second-order valence-electron chi connectivity index (χ2n) is 5.62. The highest BCUT2D eigenvalue weighted by molar-refractivity contribution is 8.14. The Morgan fingerprint density at radius 3 is 2.77 bits per heavy atom. The zero-order valence-corrected chi connectivity index (χ0v) is 13.3. The molecule has 0 saturated carbocycles. The topological polar surface area (TPSA) is 41.4 Å². The van der Waals surface area contributed by atoms with Crippen LogP contribution in [0.4, 0.5) is 0 Å². The lowest BCUT2D eigenvalue weighted by Crippen LogP contribution is -2.35. The van der Waals surface area contributed by atoms with Crippen molar-refractivity contribution in [3.63, 3.8) is 0 Å². The van der Waals surface area contributed by atoms with Crippen LogP contribution in [-0.4, -0.2) is 31.8 Å². The van der Waals surface area contributed by atoms with Crippen molar-refractivity contribution < 1.29 is 0 Å². The van der Waals surface area contributed by atoms with Crippen LogP contribution in [0.3, 0.4) is 0 Å². The fourth-order valence-electron chi connectivity index (χ4n) is 3.27. The summed E-state index contributed by atoms with van der Waals surface area (Å²) in [6.07, 6.45) is 6.73. The lowest BCUT2D eigenvalue weighted by Gasteiger charge is -2.31. The van der Waals surface area contributed by atoms with Gasteiger partial charge >= 0.3 is 0 Å². The first-order valence-corrected chi connectivity index (χ1v) is 8.67. The van der Waals surface area contributed by atoms with Gasteiger partial charge in [-0.15, -0.1) is 0 Å². The minimum absolute atomic E-state index is 0.0699. The molecule has 5 heteroatoms. The lowest BCUT2D eigenvalue weighted by atomic mass is 9.96. The minimum atomic E-state index is 0.0699. The number of fused-ring (bicyclic) bond motifs is 1. The number of aromatic nitrogens is 2. The second kappa shape index (κ2) is 5.72. The van der Waals surface area contributed by atoms with E-state index in [0.29, 0.717) is 6.04 Å². The molecule has 0 N–H and O–H groups in total. The van der Waals surface area contributed by atoms with E-state index < -0.39 is 0 Å². The van der Waals surface area contributed by atoms with Crippen LogP contribution in [-0.2, 0) is 0 Å². The van der Waals surface area contributed by atoms with E-state index in [0.717, 1.165) is 17.9 Å². The monoisotopic (exact) mass is 310 g/mol. The summed E-state index contributed by atoms with van der Waals surface area (Å²) < 4.78 is 0. The maximum atomic E-state index is 5.00. The van der Waals surface area contributed by atoms with Gasteiger partial charge in [-0.25, -0.2) is 0 Å². The Kier molecular flexibility index (Phi) is 3.58. The molecule has 4 rings (SSSR count). The van der Waals surface area contributed by atoms with E-state index in [-0.39, 0.29) is 12.1 Å². The van der Waals surface area contributed by atoms with Crippen molar-refractivity contribution in [2.75, 3.05) is 5.75 Å². The normalized spacial score (nSPS) is 26.9. The van der Waals surface area contributed by atoms with Crippen LogP contribution in [0.5, 0.6) is 0 Å². The van der Waals surface area contributed by atoms with Crippen molar-refractivity contribution in [3.8, 4) is 0 Å². The van der Waals surface area contributed by atoms with Gasteiger partial charge < -0.3 is 4.90 Å². The van der Waals surface area contributed by atoms with E-state index in [1.807, 2.05) is 42.5 Å². The first-order valence-electron chi connectivity index (χ1n) is 7.68. The highest BCUT2D eigenvalue weighted by Crippen LogP contribution is 2.48. The van der Waals surface area contributed by atoms with Gasteiger partial charge in [0.1, 0.15) is 6.04 Å². The average Bonchev–Trinajstić information content (AvgIpc) is 3.15. The number of hydrogen-bond acceptors (Lipinski definition) is 5. The summed E-state index contributed by atoms with van der Waals surface area (Å²) in [6, 6.07) is 11.1. The van der Waals surface area contributed by atoms with Gasteiger partial charge in [0.2, 0.25) is 0 Å². The van der Waals surface area contributed by atoms with E-state index in [4.69, 9.17) is 4.99 Å². The summed E-state index contributed by atoms with van der Waals surface area (Å²) in [7, 11) is 0. The summed E-state index contributed by atoms with van der Waals surface area (Å²) in [5.74, 6) is 1.13. The smallest absolute Gasteiger partial charge is 0.160 e. The molecule has 1 fully saturated rings. The van der Waals surface area contributed by atoms with Gasteiger partial charge in [0.15, 0.2) is 5.17 Å². The molecule has 4 nitrogen and oxygen atoms in total. The van der Waals surface area contributed by atoms with E-state index in [2.05, 4.69) is 40.0 Å². The molecule has 3 atom stereocenters. The minimum Gasteiger partial charge on any atom is -0.338 e. The molecule has 4 heterocycles. The molecule has 2 aliphatic heterocycles.